The van der Waals surface area contributed by atoms with Crippen molar-refractivity contribution in [3.05, 3.63) is 75.3 Å². The molecule has 0 bridgehead atoms. The predicted molar refractivity (Wildman–Crippen MR) is 177 cm³/mol. The minimum atomic E-state index is -1.55. The van der Waals surface area contributed by atoms with E-state index in [1.165, 1.54) is 23.3 Å². The molecule has 0 spiro atoms. The van der Waals surface area contributed by atoms with Crippen LogP contribution >= 0.6 is 0 Å². The molecule has 1 amide bonds. The van der Waals surface area contributed by atoms with Gasteiger partial charge in [0.25, 0.3) is 5.69 Å². The smallest absolute Gasteiger partial charge is 0.412 e. The number of hydrogen-bond acceptors (Lipinski definition) is 6. The van der Waals surface area contributed by atoms with Crippen LogP contribution in [0.5, 0.6) is 0 Å². The Morgan fingerprint density at radius 1 is 0.977 bits per heavy atom. The standard InChI is InChI=1S/C33H52N2O6Si2/c1-31(2,3)27-21-33(41-43(9)10,34(22-27)30(36)39-23-25-13-17-28(18-14-25)35(37)38)20-19-24-11-15-26(16-12-24)29(32(4,5)6)40-42(7)8/h11-18,27,29,42-43H,19-23H2,1-10H3/t27-,29?,33+/m0/s1. The SMILES string of the molecule is C[SiH](C)OC(c1ccc(CC[C@@]2(O[SiH](C)C)C[C@H](C(C)(C)C)CN2C(=O)OCc2ccc([N+](=O)[O-])cc2)cc1)C(C)(C)C. The van der Waals surface area contributed by atoms with Crippen molar-refractivity contribution in [2.45, 2.75) is 105 Å². The first-order chi connectivity index (χ1) is 19.9. The van der Waals surface area contributed by atoms with Crippen molar-refractivity contribution < 1.29 is 23.3 Å². The quantitative estimate of drug-likeness (QED) is 0.142. The molecule has 3 atom stereocenters. The Labute approximate surface area is 261 Å². The number of benzene rings is 2. The summed E-state index contributed by atoms with van der Waals surface area (Å²) in [5, 5.41) is 11.0. The monoisotopic (exact) mass is 628 g/mol. The lowest BCUT2D eigenvalue weighted by Gasteiger charge is -2.40. The van der Waals surface area contributed by atoms with Crippen molar-refractivity contribution in [1.82, 2.24) is 4.90 Å². The van der Waals surface area contributed by atoms with Gasteiger partial charge >= 0.3 is 6.09 Å². The summed E-state index contributed by atoms with van der Waals surface area (Å²) in [4.78, 5) is 26.1. The lowest BCUT2D eigenvalue weighted by molar-refractivity contribution is -0.384. The average Bonchev–Trinajstić information content (AvgIpc) is 3.28. The van der Waals surface area contributed by atoms with Crippen LogP contribution in [-0.4, -0.2) is 46.3 Å². The van der Waals surface area contributed by atoms with Gasteiger partial charge in [0.1, 0.15) is 12.3 Å². The number of likely N-dealkylation sites (tertiary alicyclic amines) is 1. The van der Waals surface area contributed by atoms with Gasteiger partial charge in [-0.2, -0.15) is 0 Å². The number of aryl methyl sites for hydroxylation is 1. The van der Waals surface area contributed by atoms with Crippen LogP contribution in [0.25, 0.3) is 0 Å². The van der Waals surface area contributed by atoms with Crippen LogP contribution in [0.1, 0.15) is 77.2 Å². The zero-order valence-electron chi connectivity index (χ0n) is 27.8. The van der Waals surface area contributed by atoms with Gasteiger partial charge in [-0.25, -0.2) is 4.79 Å². The molecule has 43 heavy (non-hydrogen) atoms. The number of carbonyl (C=O) groups excluding carboxylic acids is 1. The molecule has 8 nitrogen and oxygen atoms in total. The van der Waals surface area contributed by atoms with Crippen LogP contribution < -0.4 is 0 Å². The molecule has 238 valence electrons. The van der Waals surface area contributed by atoms with Gasteiger partial charge in [-0.15, -0.1) is 0 Å². The van der Waals surface area contributed by atoms with E-state index in [0.717, 1.165) is 12.8 Å². The van der Waals surface area contributed by atoms with E-state index in [-0.39, 0.29) is 35.1 Å². The molecule has 0 aliphatic carbocycles. The van der Waals surface area contributed by atoms with Gasteiger partial charge in [-0.1, -0.05) is 65.8 Å². The van der Waals surface area contributed by atoms with Crippen LogP contribution in [0.3, 0.4) is 0 Å². The Morgan fingerprint density at radius 2 is 1.56 bits per heavy atom. The van der Waals surface area contributed by atoms with Gasteiger partial charge in [-0.05, 0) is 91.0 Å². The number of nitro benzene ring substituents is 1. The van der Waals surface area contributed by atoms with E-state index in [4.69, 9.17) is 13.6 Å². The van der Waals surface area contributed by atoms with Gasteiger partial charge in [0.15, 0.2) is 18.1 Å². The Morgan fingerprint density at radius 3 is 2.05 bits per heavy atom. The minimum absolute atomic E-state index is 0.000273. The predicted octanol–water partition coefficient (Wildman–Crippen LogP) is 8.02. The Bertz CT molecular complexity index is 1220. The molecule has 3 rings (SSSR count). The fourth-order valence-corrected chi connectivity index (χ4v) is 8.13. The third kappa shape index (κ3) is 9.47. The van der Waals surface area contributed by atoms with Gasteiger partial charge in [-0.3, -0.25) is 15.0 Å². The molecule has 0 saturated carbocycles. The highest BCUT2D eigenvalue weighted by molar-refractivity contribution is 6.48. The van der Waals surface area contributed by atoms with E-state index < -0.39 is 34.8 Å². The van der Waals surface area contributed by atoms with E-state index in [1.807, 2.05) is 4.90 Å². The molecule has 0 N–H and O–H groups in total. The summed E-state index contributed by atoms with van der Waals surface area (Å²) in [5.74, 6) is 0.249. The average molecular weight is 629 g/mol. The molecule has 1 heterocycles. The number of ether oxygens (including phenoxy) is 1. The van der Waals surface area contributed by atoms with Crippen molar-refractivity contribution in [2.75, 3.05) is 6.54 Å². The first-order valence-electron chi connectivity index (χ1n) is 15.5. The molecule has 1 aliphatic heterocycles. The van der Waals surface area contributed by atoms with Crippen LogP contribution in [-0.2, 0) is 26.6 Å². The fourth-order valence-electron chi connectivity index (χ4n) is 5.80. The number of hydrogen-bond donors (Lipinski definition) is 0. The van der Waals surface area contributed by atoms with Gasteiger partial charge in [0.05, 0.1) is 11.0 Å². The van der Waals surface area contributed by atoms with Gasteiger partial charge in [0.2, 0.25) is 0 Å². The summed E-state index contributed by atoms with van der Waals surface area (Å²) in [7, 11) is -2.77. The number of carbonyl (C=O) groups is 1. The second kappa shape index (κ2) is 14.0. The largest absolute Gasteiger partial charge is 0.444 e. The molecular formula is C33H52N2O6Si2. The van der Waals surface area contributed by atoms with E-state index in [1.54, 1.807) is 12.1 Å². The third-order valence-electron chi connectivity index (χ3n) is 8.15. The molecule has 0 aromatic heterocycles. The van der Waals surface area contributed by atoms with Crippen LogP contribution in [0.15, 0.2) is 48.5 Å². The molecule has 2 aromatic carbocycles. The molecule has 1 saturated heterocycles. The lowest BCUT2D eigenvalue weighted by Crippen LogP contribution is -2.51. The molecule has 1 aliphatic rings. The maximum Gasteiger partial charge on any atom is 0.412 e. The summed E-state index contributed by atoms with van der Waals surface area (Å²) in [6.45, 7) is 22.6. The van der Waals surface area contributed by atoms with Crippen molar-refractivity contribution in [1.29, 1.82) is 0 Å². The van der Waals surface area contributed by atoms with Crippen LogP contribution in [0, 0.1) is 26.9 Å². The lowest BCUT2D eigenvalue weighted by atomic mass is 9.78. The summed E-state index contributed by atoms with van der Waals surface area (Å²) < 4.78 is 19.0. The van der Waals surface area contributed by atoms with E-state index >= 15 is 0 Å². The zero-order chi connectivity index (χ0) is 32.2. The Kier molecular flexibility index (Phi) is 11.4. The first-order valence-corrected chi connectivity index (χ1v) is 21.1. The molecule has 1 unspecified atom stereocenters. The van der Waals surface area contributed by atoms with Crippen molar-refractivity contribution >= 4 is 29.9 Å². The van der Waals surface area contributed by atoms with Crippen LogP contribution in [0.4, 0.5) is 10.5 Å². The van der Waals surface area contributed by atoms with Gasteiger partial charge < -0.3 is 13.6 Å². The topological polar surface area (TPSA) is 91.1 Å². The fraction of sp³-hybridized carbons (Fsp3) is 0.606. The molecule has 10 heteroatoms. The highest BCUT2D eigenvalue weighted by atomic mass is 28.3. The van der Waals surface area contributed by atoms with E-state index in [2.05, 4.69) is 92.0 Å². The van der Waals surface area contributed by atoms with Crippen molar-refractivity contribution in [2.24, 2.45) is 16.7 Å². The number of nitro groups is 1. The van der Waals surface area contributed by atoms with E-state index in [0.29, 0.717) is 18.5 Å². The number of rotatable bonds is 11. The van der Waals surface area contributed by atoms with Crippen molar-refractivity contribution in [3.63, 3.8) is 0 Å². The minimum Gasteiger partial charge on any atom is -0.444 e. The first kappa shape index (κ1) is 34.9. The maximum atomic E-state index is 13.7. The normalized spacial score (nSPS) is 20.1. The van der Waals surface area contributed by atoms with Crippen LogP contribution in [0.2, 0.25) is 26.2 Å². The third-order valence-corrected chi connectivity index (χ3v) is 9.88. The number of non-ortho nitro benzene ring substituents is 1. The Hall–Kier alpha value is -2.54. The highest BCUT2D eigenvalue weighted by Crippen LogP contribution is 2.46. The molecule has 0 radical (unpaired) electrons. The van der Waals surface area contributed by atoms with E-state index in [9.17, 15) is 14.9 Å². The van der Waals surface area contributed by atoms with Gasteiger partial charge in [0, 0.05) is 18.7 Å². The maximum absolute atomic E-state index is 13.7. The zero-order valence-corrected chi connectivity index (χ0v) is 30.1. The summed E-state index contributed by atoms with van der Waals surface area (Å²) in [6, 6.07) is 14.9. The molecule has 2 aromatic rings. The second-order valence-corrected chi connectivity index (χ2v) is 19.3. The second-order valence-electron chi connectivity index (χ2n) is 14.6. The highest BCUT2D eigenvalue weighted by Gasteiger charge is 2.52. The van der Waals surface area contributed by atoms with Crippen molar-refractivity contribution in [3.8, 4) is 0 Å². The summed E-state index contributed by atoms with van der Waals surface area (Å²) >= 11 is 0. The summed E-state index contributed by atoms with van der Waals surface area (Å²) in [5.41, 5.74) is 2.35. The number of amides is 1. The Balaban J connectivity index is 1.83. The molecule has 1 fully saturated rings. The number of nitrogens with zero attached hydrogens (tertiary/aromatic N) is 2. The summed E-state index contributed by atoms with van der Waals surface area (Å²) in [6.07, 6.45) is 1.85. The molecular weight excluding hydrogens is 577 g/mol.